The highest BCUT2D eigenvalue weighted by Gasteiger charge is 2.44. The first-order valence-corrected chi connectivity index (χ1v) is 7.82. The minimum absolute atomic E-state index is 0.0369. The van der Waals surface area contributed by atoms with Crippen molar-refractivity contribution in [2.75, 3.05) is 0 Å². The van der Waals surface area contributed by atoms with Gasteiger partial charge in [0.05, 0.1) is 24.3 Å². The van der Waals surface area contributed by atoms with Gasteiger partial charge in [-0.3, -0.25) is 4.79 Å². The zero-order chi connectivity index (χ0) is 16.0. The molecular formula is C18H14N2O2S. The second-order valence-corrected chi connectivity index (χ2v) is 6.10. The molecule has 0 bridgehead atoms. The lowest BCUT2D eigenvalue weighted by Crippen LogP contribution is -2.41. The molecule has 1 aliphatic carbocycles. The number of carbonyl (C=O) groups excluding carboxylic acids is 1. The van der Waals surface area contributed by atoms with Crippen LogP contribution in [0.3, 0.4) is 0 Å². The van der Waals surface area contributed by atoms with Crippen LogP contribution in [0, 0.1) is 5.92 Å². The summed E-state index contributed by atoms with van der Waals surface area (Å²) in [6.07, 6.45) is 0. The highest BCUT2D eigenvalue weighted by atomic mass is 32.1. The summed E-state index contributed by atoms with van der Waals surface area (Å²) in [5.74, 6) is -0.318. The number of ketones is 1. The van der Waals surface area contributed by atoms with E-state index < -0.39 is 0 Å². The molecule has 23 heavy (non-hydrogen) atoms. The maximum Gasteiger partial charge on any atom is 0.193 e. The Morgan fingerprint density at radius 2 is 1.91 bits per heavy atom. The lowest BCUT2D eigenvalue weighted by molar-refractivity contribution is 0.0944. The standard InChI is InChI=1S/C18H14N2O2S/c21-9-10-4-3-5-11(8-10)15-14-16(20-18(23)19-15)12-6-1-2-7-13(12)17(14)22/h1-8,14-15,21H,9H2,(H,19,23). The van der Waals surface area contributed by atoms with Crippen molar-refractivity contribution in [1.29, 1.82) is 0 Å². The number of hydrogen-bond acceptors (Lipinski definition) is 3. The van der Waals surface area contributed by atoms with Gasteiger partial charge in [-0.15, -0.1) is 0 Å². The Kier molecular flexibility index (Phi) is 3.32. The molecule has 2 N–H and O–H groups in total. The quantitative estimate of drug-likeness (QED) is 0.834. The fraction of sp³-hybridized carbons (Fsp3) is 0.167. The monoisotopic (exact) mass is 322 g/mol. The van der Waals surface area contributed by atoms with E-state index in [1.165, 1.54) is 0 Å². The van der Waals surface area contributed by atoms with Gasteiger partial charge in [-0.1, -0.05) is 48.5 Å². The number of aliphatic imine (C=N–C) groups is 1. The maximum absolute atomic E-state index is 12.9. The second kappa shape index (κ2) is 5.37. The van der Waals surface area contributed by atoms with Crippen LogP contribution in [0.15, 0.2) is 53.5 Å². The van der Waals surface area contributed by atoms with Crippen LogP contribution in [0.1, 0.15) is 33.1 Å². The fourth-order valence-corrected chi connectivity index (χ4v) is 3.56. The molecule has 2 aliphatic rings. The Labute approximate surface area is 138 Å². The summed E-state index contributed by atoms with van der Waals surface area (Å²) in [5, 5.41) is 12.9. The molecule has 0 saturated carbocycles. The molecule has 0 spiro atoms. The highest BCUT2D eigenvalue weighted by Crippen LogP contribution is 2.38. The predicted octanol–water partition coefficient (Wildman–Crippen LogP) is 2.41. The summed E-state index contributed by atoms with van der Waals surface area (Å²) < 4.78 is 0. The van der Waals surface area contributed by atoms with E-state index in [0.29, 0.717) is 10.7 Å². The molecule has 0 amide bonds. The Morgan fingerprint density at radius 3 is 2.70 bits per heavy atom. The average molecular weight is 322 g/mol. The number of carbonyl (C=O) groups is 1. The normalized spacial score (nSPS) is 22.2. The number of hydrogen-bond donors (Lipinski definition) is 2. The van der Waals surface area contributed by atoms with E-state index in [4.69, 9.17) is 12.2 Å². The van der Waals surface area contributed by atoms with Gasteiger partial charge in [-0.2, -0.15) is 0 Å². The summed E-state index contributed by atoms with van der Waals surface area (Å²) in [7, 11) is 0. The van der Waals surface area contributed by atoms with Gasteiger partial charge in [0.15, 0.2) is 10.9 Å². The summed E-state index contributed by atoms with van der Waals surface area (Å²) in [6.45, 7) is -0.0369. The number of fused-ring (bicyclic) bond motifs is 3. The van der Waals surface area contributed by atoms with Crippen LogP contribution < -0.4 is 5.32 Å². The largest absolute Gasteiger partial charge is 0.392 e. The van der Waals surface area contributed by atoms with Crippen molar-refractivity contribution in [3.05, 3.63) is 70.8 Å². The fourth-order valence-electron chi connectivity index (χ4n) is 3.34. The number of aliphatic hydroxyl groups excluding tert-OH is 1. The molecule has 0 saturated heterocycles. The molecule has 0 fully saturated rings. The van der Waals surface area contributed by atoms with Crippen LogP contribution in [0.4, 0.5) is 0 Å². The van der Waals surface area contributed by atoms with Gasteiger partial charge in [-0.25, -0.2) is 4.99 Å². The molecule has 4 rings (SSSR count). The molecular weight excluding hydrogens is 308 g/mol. The summed E-state index contributed by atoms with van der Waals surface area (Å²) in [5.41, 5.74) is 4.05. The second-order valence-electron chi connectivity index (χ2n) is 5.71. The molecule has 1 aliphatic heterocycles. The molecule has 5 heteroatoms. The van der Waals surface area contributed by atoms with Crippen molar-refractivity contribution in [1.82, 2.24) is 5.32 Å². The third-order valence-electron chi connectivity index (χ3n) is 4.37. The lowest BCUT2D eigenvalue weighted by atomic mass is 9.87. The molecule has 1 heterocycles. The zero-order valence-electron chi connectivity index (χ0n) is 12.2. The third-order valence-corrected chi connectivity index (χ3v) is 4.58. The third kappa shape index (κ3) is 2.20. The van der Waals surface area contributed by atoms with E-state index in [1.54, 1.807) is 0 Å². The van der Waals surface area contributed by atoms with Crippen molar-refractivity contribution in [2.45, 2.75) is 12.6 Å². The Balaban J connectivity index is 1.84. The first-order valence-electron chi connectivity index (χ1n) is 7.41. The van der Waals surface area contributed by atoms with Gasteiger partial charge in [0.2, 0.25) is 0 Å². The van der Waals surface area contributed by atoms with Gasteiger partial charge in [0, 0.05) is 11.1 Å². The van der Waals surface area contributed by atoms with E-state index in [1.807, 2.05) is 48.5 Å². The van der Waals surface area contributed by atoms with Crippen LogP contribution in [0.25, 0.3) is 0 Å². The van der Waals surface area contributed by atoms with Gasteiger partial charge < -0.3 is 10.4 Å². The Bertz CT molecular complexity index is 860. The highest BCUT2D eigenvalue weighted by molar-refractivity contribution is 7.80. The topological polar surface area (TPSA) is 61.7 Å². The number of thiocarbonyl (C=S) groups is 1. The van der Waals surface area contributed by atoms with E-state index in [-0.39, 0.29) is 24.3 Å². The molecule has 0 radical (unpaired) electrons. The number of nitrogens with one attached hydrogen (secondary N) is 1. The minimum atomic E-state index is -0.381. The number of nitrogens with zero attached hydrogens (tertiary/aromatic N) is 1. The van der Waals surface area contributed by atoms with Crippen molar-refractivity contribution in [2.24, 2.45) is 10.9 Å². The molecule has 0 aromatic heterocycles. The molecule has 114 valence electrons. The SMILES string of the molecule is O=C1c2ccccc2C2=NC(=S)NC(c3cccc(CO)c3)C12. The van der Waals surface area contributed by atoms with E-state index >= 15 is 0 Å². The van der Waals surface area contributed by atoms with Gasteiger partial charge in [0.1, 0.15) is 0 Å². The first-order chi connectivity index (χ1) is 11.2. The maximum atomic E-state index is 12.9. The summed E-state index contributed by atoms with van der Waals surface area (Å²) in [4.78, 5) is 17.3. The predicted molar refractivity (Wildman–Crippen MR) is 91.6 cm³/mol. The average Bonchev–Trinajstić information content (AvgIpc) is 2.87. The Morgan fingerprint density at radius 1 is 1.13 bits per heavy atom. The van der Waals surface area contributed by atoms with Gasteiger partial charge in [-0.05, 0) is 23.3 Å². The molecule has 2 atom stereocenters. The van der Waals surface area contributed by atoms with Crippen LogP contribution >= 0.6 is 12.2 Å². The summed E-state index contributed by atoms with van der Waals surface area (Å²) >= 11 is 5.28. The van der Waals surface area contributed by atoms with Gasteiger partial charge in [0.25, 0.3) is 0 Å². The van der Waals surface area contributed by atoms with Gasteiger partial charge >= 0.3 is 0 Å². The van der Waals surface area contributed by atoms with Crippen LogP contribution in [-0.2, 0) is 6.61 Å². The number of aliphatic hydroxyl groups is 1. The van der Waals surface area contributed by atoms with Crippen LogP contribution in [-0.4, -0.2) is 21.7 Å². The smallest absolute Gasteiger partial charge is 0.193 e. The number of benzene rings is 2. The lowest BCUT2D eigenvalue weighted by Gasteiger charge is -2.29. The Hall–Kier alpha value is -2.37. The molecule has 2 unspecified atom stereocenters. The number of Topliss-reactive ketones (excluding diaryl/α,β-unsaturated/α-hetero) is 1. The van der Waals surface area contributed by atoms with E-state index in [9.17, 15) is 9.90 Å². The summed E-state index contributed by atoms with van der Waals surface area (Å²) in [6, 6.07) is 14.8. The molecule has 2 aromatic carbocycles. The van der Waals surface area contributed by atoms with Crippen molar-refractivity contribution in [3.63, 3.8) is 0 Å². The van der Waals surface area contributed by atoms with Crippen LogP contribution in [0.5, 0.6) is 0 Å². The van der Waals surface area contributed by atoms with Crippen LogP contribution in [0.2, 0.25) is 0 Å². The number of rotatable bonds is 2. The van der Waals surface area contributed by atoms with Crippen molar-refractivity contribution < 1.29 is 9.90 Å². The zero-order valence-corrected chi connectivity index (χ0v) is 13.0. The molecule has 4 nitrogen and oxygen atoms in total. The molecule has 2 aromatic rings. The van der Waals surface area contributed by atoms with E-state index in [2.05, 4.69) is 10.3 Å². The van der Waals surface area contributed by atoms with Crippen molar-refractivity contribution >= 4 is 28.8 Å². The minimum Gasteiger partial charge on any atom is -0.392 e. The van der Waals surface area contributed by atoms with E-state index in [0.717, 1.165) is 22.4 Å². The van der Waals surface area contributed by atoms with Crippen molar-refractivity contribution in [3.8, 4) is 0 Å². The first kappa shape index (κ1) is 14.2.